The van der Waals surface area contributed by atoms with E-state index in [0.717, 1.165) is 51.4 Å². The molecule has 0 radical (unpaired) electrons. The molecular formula is C19H29N3O. The fourth-order valence-corrected chi connectivity index (χ4v) is 3.87. The summed E-state index contributed by atoms with van der Waals surface area (Å²) in [5.41, 5.74) is 2.71. The van der Waals surface area contributed by atoms with E-state index in [1.165, 1.54) is 43.6 Å². The lowest BCUT2D eigenvalue weighted by molar-refractivity contribution is 0.122. The van der Waals surface area contributed by atoms with Crippen LogP contribution in [0.3, 0.4) is 0 Å². The number of benzene rings is 1. The summed E-state index contributed by atoms with van der Waals surface area (Å²) >= 11 is 0. The van der Waals surface area contributed by atoms with Crippen molar-refractivity contribution >= 4 is 5.69 Å². The van der Waals surface area contributed by atoms with Crippen LogP contribution in [0.2, 0.25) is 0 Å². The van der Waals surface area contributed by atoms with E-state index < -0.39 is 0 Å². The SMILES string of the molecule is c1cc(N2CCOCC2)ccc1CNCC1CCN(C2CC2)C1. The van der Waals surface area contributed by atoms with Crippen molar-refractivity contribution in [1.29, 1.82) is 0 Å². The van der Waals surface area contributed by atoms with E-state index >= 15 is 0 Å². The van der Waals surface area contributed by atoms with Crippen LogP contribution in [0.4, 0.5) is 5.69 Å². The summed E-state index contributed by atoms with van der Waals surface area (Å²) in [4.78, 5) is 5.11. The summed E-state index contributed by atoms with van der Waals surface area (Å²) in [6.07, 6.45) is 4.25. The molecule has 2 heterocycles. The predicted molar refractivity (Wildman–Crippen MR) is 93.9 cm³/mol. The standard InChI is InChI=1S/C19H29N3O/c1-3-18(21-9-11-23-12-10-21)4-2-16(1)13-20-14-17-7-8-22(15-17)19-5-6-19/h1-4,17,19-20H,5-15H2. The van der Waals surface area contributed by atoms with Gasteiger partial charge in [-0.25, -0.2) is 0 Å². The second kappa shape index (κ2) is 7.20. The zero-order valence-electron chi connectivity index (χ0n) is 14.0. The molecule has 23 heavy (non-hydrogen) atoms. The van der Waals surface area contributed by atoms with Crippen LogP contribution in [0.25, 0.3) is 0 Å². The van der Waals surface area contributed by atoms with Gasteiger partial charge in [0.05, 0.1) is 13.2 Å². The summed E-state index contributed by atoms with van der Waals surface area (Å²) in [6, 6.07) is 9.98. The molecule has 1 N–H and O–H groups in total. The molecule has 2 aliphatic heterocycles. The number of nitrogens with one attached hydrogen (secondary N) is 1. The molecule has 3 aliphatic rings. The predicted octanol–water partition coefficient (Wildman–Crippen LogP) is 2.10. The zero-order chi connectivity index (χ0) is 15.5. The molecule has 0 bridgehead atoms. The molecule has 1 aromatic carbocycles. The topological polar surface area (TPSA) is 27.7 Å². The van der Waals surface area contributed by atoms with Gasteiger partial charge >= 0.3 is 0 Å². The van der Waals surface area contributed by atoms with Crippen molar-refractivity contribution in [2.75, 3.05) is 50.8 Å². The number of rotatable bonds is 6. The molecule has 0 aromatic heterocycles. The van der Waals surface area contributed by atoms with E-state index in [2.05, 4.69) is 39.4 Å². The molecule has 1 aromatic rings. The number of ether oxygens (including phenoxy) is 1. The number of anilines is 1. The Kier molecular flexibility index (Phi) is 4.83. The van der Waals surface area contributed by atoms with Crippen molar-refractivity contribution in [1.82, 2.24) is 10.2 Å². The Morgan fingerprint density at radius 2 is 1.78 bits per heavy atom. The average molecular weight is 315 g/mol. The van der Waals surface area contributed by atoms with Gasteiger partial charge in [-0.1, -0.05) is 12.1 Å². The third-order valence-corrected chi connectivity index (χ3v) is 5.46. The lowest BCUT2D eigenvalue weighted by Crippen LogP contribution is -2.36. The molecule has 126 valence electrons. The quantitative estimate of drug-likeness (QED) is 0.870. The van der Waals surface area contributed by atoms with E-state index in [1.54, 1.807) is 0 Å². The van der Waals surface area contributed by atoms with Crippen LogP contribution in [0.5, 0.6) is 0 Å². The van der Waals surface area contributed by atoms with Gasteiger partial charge in [0, 0.05) is 37.9 Å². The van der Waals surface area contributed by atoms with Crippen LogP contribution in [-0.4, -0.2) is 56.9 Å². The minimum atomic E-state index is 0.850. The highest BCUT2D eigenvalue weighted by atomic mass is 16.5. The molecule has 0 spiro atoms. The van der Waals surface area contributed by atoms with E-state index in [-0.39, 0.29) is 0 Å². The van der Waals surface area contributed by atoms with Gasteiger partial charge in [-0.2, -0.15) is 0 Å². The van der Waals surface area contributed by atoms with Crippen LogP contribution < -0.4 is 10.2 Å². The Balaban J connectivity index is 1.20. The van der Waals surface area contributed by atoms with Crippen LogP contribution in [-0.2, 0) is 11.3 Å². The Hall–Kier alpha value is -1.10. The first-order chi connectivity index (χ1) is 11.4. The first-order valence-electron chi connectivity index (χ1n) is 9.25. The van der Waals surface area contributed by atoms with Gasteiger partial charge in [0.1, 0.15) is 0 Å². The highest BCUT2D eigenvalue weighted by Gasteiger charge is 2.33. The highest BCUT2D eigenvalue weighted by Crippen LogP contribution is 2.31. The van der Waals surface area contributed by atoms with Crippen LogP contribution in [0, 0.1) is 5.92 Å². The van der Waals surface area contributed by atoms with Crippen LogP contribution in [0.15, 0.2) is 24.3 Å². The van der Waals surface area contributed by atoms with Gasteiger partial charge in [0.25, 0.3) is 0 Å². The van der Waals surface area contributed by atoms with Gasteiger partial charge < -0.3 is 19.9 Å². The fourth-order valence-electron chi connectivity index (χ4n) is 3.87. The number of hydrogen-bond donors (Lipinski definition) is 1. The lowest BCUT2D eigenvalue weighted by Gasteiger charge is -2.28. The van der Waals surface area contributed by atoms with E-state index in [4.69, 9.17) is 4.74 Å². The van der Waals surface area contributed by atoms with E-state index in [1.807, 2.05) is 0 Å². The normalized spacial score (nSPS) is 25.9. The zero-order valence-corrected chi connectivity index (χ0v) is 14.0. The maximum absolute atomic E-state index is 5.42. The summed E-state index contributed by atoms with van der Waals surface area (Å²) in [5, 5.41) is 3.66. The van der Waals surface area contributed by atoms with Gasteiger partial charge in [-0.05, 0) is 56.0 Å². The maximum atomic E-state index is 5.42. The Morgan fingerprint density at radius 1 is 1.00 bits per heavy atom. The van der Waals surface area contributed by atoms with Crippen LogP contribution in [0.1, 0.15) is 24.8 Å². The molecule has 4 heteroatoms. The average Bonchev–Trinajstić information content (AvgIpc) is 3.36. The number of likely N-dealkylation sites (tertiary alicyclic amines) is 1. The summed E-state index contributed by atoms with van der Waals surface area (Å²) in [6.45, 7) is 8.51. The smallest absolute Gasteiger partial charge is 0.0642 e. The highest BCUT2D eigenvalue weighted by molar-refractivity contribution is 5.47. The van der Waals surface area contributed by atoms with Crippen molar-refractivity contribution in [3.63, 3.8) is 0 Å². The number of hydrogen-bond acceptors (Lipinski definition) is 4. The van der Waals surface area contributed by atoms with Crippen molar-refractivity contribution in [3.05, 3.63) is 29.8 Å². The van der Waals surface area contributed by atoms with Crippen LogP contribution >= 0.6 is 0 Å². The van der Waals surface area contributed by atoms with Gasteiger partial charge in [0.15, 0.2) is 0 Å². The Labute approximate surface area is 139 Å². The largest absolute Gasteiger partial charge is 0.378 e. The molecule has 0 amide bonds. The van der Waals surface area contributed by atoms with Gasteiger partial charge in [0.2, 0.25) is 0 Å². The second-order valence-electron chi connectivity index (χ2n) is 7.28. The lowest BCUT2D eigenvalue weighted by atomic mass is 10.1. The van der Waals surface area contributed by atoms with E-state index in [9.17, 15) is 0 Å². The van der Waals surface area contributed by atoms with Crippen molar-refractivity contribution < 1.29 is 4.74 Å². The van der Waals surface area contributed by atoms with E-state index in [0.29, 0.717) is 0 Å². The monoisotopic (exact) mass is 315 g/mol. The first kappa shape index (κ1) is 15.4. The third-order valence-electron chi connectivity index (χ3n) is 5.46. The summed E-state index contributed by atoms with van der Waals surface area (Å²) in [5.74, 6) is 0.850. The number of morpholine rings is 1. The molecule has 1 aliphatic carbocycles. The first-order valence-corrected chi connectivity index (χ1v) is 9.25. The fraction of sp³-hybridized carbons (Fsp3) is 0.684. The Morgan fingerprint density at radius 3 is 2.52 bits per heavy atom. The van der Waals surface area contributed by atoms with Gasteiger partial charge in [-0.3, -0.25) is 0 Å². The molecule has 1 atom stereocenters. The molecule has 4 rings (SSSR count). The molecule has 4 nitrogen and oxygen atoms in total. The third kappa shape index (κ3) is 4.06. The summed E-state index contributed by atoms with van der Waals surface area (Å²) < 4.78 is 5.42. The van der Waals surface area contributed by atoms with Crippen molar-refractivity contribution in [2.24, 2.45) is 5.92 Å². The summed E-state index contributed by atoms with van der Waals surface area (Å²) in [7, 11) is 0. The van der Waals surface area contributed by atoms with Crippen molar-refractivity contribution in [2.45, 2.75) is 31.8 Å². The van der Waals surface area contributed by atoms with Crippen molar-refractivity contribution in [3.8, 4) is 0 Å². The molecule has 1 unspecified atom stereocenters. The Bertz CT molecular complexity index is 494. The number of nitrogens with zero attached hydrogens (tertiary/aromatic N) is 2. The molecular weight excluding hydrogens is 286 g/mol. The van der Waals surface area contributed by atoms with Gasteiger partial charge in [-0.15, -0.1) is 0 Å². The molecule has 3 fully saturated rings. The minimum absolute atomic E-state index is 0.850. The molecule has 1 saturated carbocycles. The maximum Gasteiger partial charge on any atom is 0.0642 e. The second-order valence-corrected chi connectivity index (χ2v) is 7.28. The minimum Gasteiger partial charge on any atom is -0.378 e. The molecule has 2 saturated heterocycles.